The van der Waals surface area contributed by atoms with Crippen molar-refractivity contribution in [1.29, 1.82) is 0 Å². The van der Waals surface area contributed by atoms with Crippen LogP contribution in [0.3, 0.4) is 0 Å². The van der Waals surface area contributed by atoms with Crippen molar-refractivity contribution in [1.82, 2.24) is 10.0 Å². The van der Waals surface area contributed by atoms with Crippen molar-refractivity contribution >= 4 is 21.9 Å². The molecule has 27 heavy (non-hydrogen) atoms. The molecule has 0 aromatic heterocycles. The first-order chi connectivity index (χ1) is 12.6. The molecule has 1 fully saturated rings. The zero-order valence-corrected chi connectivity index (χ0v) is 16.8. The predicted molar refractivity (Wildman–Crippen MR) is 102 cm³/mol. The highest BCUT2D eigenvalue weighted by molar-refractivity contribution is 7.89. The summed E-state index contributed by atoms with van der Waals surface area (Å²) in [7, 11) is -3.64. The number of hydrogen-bond acceptors (Lipinski definition) is 4. The number of carbonyl (C=O) groups excluding carboxylic acids is 1. The third-order valence-corrected chi connectivity index (χ3v) is 6.79. The van der Waals surface area contributed by atoms with Gasteiger partial charge in [0.2, 0.25) is 10.0 Å². The van der Waals surface area contributed by atoms with Crippen LogP contribution in [0.5, 0.6) is 0 Å². The topological polar surface area (TPSA) is 113 Å². The Morgan fingerprint density at radius 3 is 2.19 bits per heavy atom. The van der Waals surface area contributed by atoms with Crippen LogP contribution in [0.15, 0.2) is 29.2 Å². The smallest absolute Gasteiger partial charge is 0.329 e. The van der Waals surface area contributed by atoms with Crippen LogP contribution in [0.1, 0.15) is 63.2 Å². The summed E-state index contributed by atoms with van der Waals surface area (Å²) in [6.45, 7) is 5.52. The van der Waals surface area contributed by atoms with Crippen LogP contribution >= 0.6 is 0 Å². The molecule has 3 N–H and O–H groups in total. The first kappa shape index (κ1) is 21.4. The van der Waals surface area contributed by atoms with Gasteiger partial charge < -0.3 is 10.4 Å². The van der Waals surface area contributed by atoms with E-state index in [1.807, 2.05) is 0 Å². The van der Waals surface area contributed by atoms with Gasteiger partial charge in [-0.1, -0.05) is 13.3 Å². The van der Waals surface area contributed by atoms with Gasteiger partial charge in [0.15, 0.2) is 0 Å². The van der Waals surface area contributed by atoms with Gasteiger partial charge in [0.05, 0.1) is 4.90 Å². The maximum atomic E-state index is 12.6. The van der Waals surface area contributed by atoms with Gasteiger partial charge in [-0.25, -0.2) is 17.9 Å². The second-order valence-corrected chi connectivity index (χ2v) is 9.21. The lowest BCUT2D eigenvalue weighted by Gasteiger charge is -2.37. The second-order valence-electron chi connectivity index (χ2n) is 7.49. The van der Waals surface area contributed by atoms with Crippen molar-refractivity contribution in [3.05, 3.63) is 29.8 Å². The third kappa shape index (κ3) is 5.07. The van der Waals surface area contributed by atoms with Gasteiger partial charge in [-0.05, 0) is 69.7 Å². The molecule has 1 aliphatic rings. The summed E-state index contributed by atoms with van der Waals surface area (Å²) >= 11 is 0. The number of nitrogens with one attached hydrogen (secondary N) is 2. The lowest BCUT2D eigenvalue weighted by Crippen LogP contribution is -2.56. The molecular weight excluding hydrogens is 368 g/mol. The van der Waals surface area contributed by atoms with Crippen molar-refractivity contribution in [3.8, 4) is 0 Å². The largest absolute Gasteiger partial charge is 0.480 e. The Hall–Kier alpha value is -1.93. The molecule has 0 heterocycles. The Bertz CT molecular complexity index is 779. The van der Waals surface area contributed by atoms with E-state index in [0.29, 0.717) is 18.8 Å². The van der Waals surface area contributed by atoms with Crippen LogP contribution in [0.25, 0.3) is 0 Å². The van der Waals surface area contributed by atoms with Gasteiger partial charge in [0, 0.05) is 11.6 Å². The standard InChI is InChI=1S/C19H28N2O5S/c1-4-14-9-11-19(12-10-14,18(23)24)20-17(22)15-5-7-16(8-6-15)27(25,26)21-13(2)3/h5-8,13-14,21H,4,9-12H2,1-3H3,(H,20,22)(H,23,24). The summed E-state index contributed by atoms with van der Waals surface area (Å²) in [5.41, 5.74) is -1.02. The average molecular weight is 397 g/mol. The molecular formula is C19H28N2O5S. The van der Waals surface area contributed by atoms with Gasteiger partial charge in [-0.15, -0.1) is 0 Å². The Labute approximate surface area is 160 Å². The number of hydrogen-bond donors (Lipinski definition) is 3. The van der Waals surface area contributed by atoms with E-state index in [-0.39, 0.29) is 16.5 Å². The number of benzene rings is 1. The molecule has 0 bridgehead atoms. The maximum Gasteiger partial charge on any atom is 0.329 e. The number of amides is 1. The van der Waals surface area contributed by atoms with Crippen LogP contribution in [0.4, 0.5) is 0 Å². The summed E-state index contributed by atoms with van der Waals surface area (Å²) in [6.07, 6.45) is 3.33. The zero-order chi connectivity index (χ0) is 20.2. The molecule has 0 atom stereocenters. The molecule has 1 saturated carbocycles. The number of carboxylic acid groups (broad SMARTS) is 1. The second kappa shape index (κ2) is 8.39. The Kier molecular flexibility index (Phi) is 6.64. The molecule has 1 aliphatic carbocycles. The van der Waals surface area contributed by atoms with Gasteiger partial charge in [0.25, 0.3) is 5.91 Å². The van der Waals surface area contributed by atoms with Crippen molar-refractivity contribution < 1.29 is 23.1 Å². The van der Waals surface area contributed by atoms with E-state index in [2.05, 4.69) is 17.0 Å². The normalized spacial score (nSPS) is 23.2. The lowest BCUT2D eigenvalue weighted by atomic mass is 9.75. The Morgan fingerprint density at radius 1 is 1.19 bits per heavy atom. The van der Waals surface area contributed by atoms with E-state index >= 15 is 0 Å². The summed E-state index contributed by atoms with van der Waals surface area (Å²) < 4.78 is 26.8. The van der Waals surface area contributed by atoms with Crippen LogP contribution in [-0.4, -0.2) is 37.0 Å². The summed E-state index contributed by atoms with van der Waals surface area (Å²) in [6, 6.07) is 5.25. The first-order valence-electron chi connectivity index (χ1n) is 9.28. The lowest BCUT2D eigenvalue weighted by molar-refractivity contribution is -0.146. The molecule has 1 aromatic carbocycles. The summed E-state index contributed by atoms with van der Waals surface area (Å²) in [4.78, 5) is 24.5. The van der Waals surface area contributed by atoms with Crippen LogP contribution in [-0.2, 0) is 14.8 Å². The molecule has 150 valence electrons. The highest BCUT2D eigenvalue weighted by Crippen LogP contribution is 2.34. The van der Waals surface area contributed by atoms with Gasteiger partial charge in [-0.3, -0.25) is 4.79 Å². The number of carboxylic acids is 1. The van der Waals surface area contributed by atoms with Gasteiger partial charge in [-0.2, -0.15) is 0 Å². The minimum atomic E-state index is -3.64. The minimum absolute atomic E-state index is 0.0594. The van der Waals surface area contributed by atoms with E-state index in [4.69, 9.17) is 0 Å². The fraction of sp³-hybridized carbons (Fsp3) is 0.579. The fourth-order valence-electron chi connectivity index (χ4n) is 3.42. The Morgan fingerprint density at radius 2 is 1.74 bits per heavy atom. The van der Waals surface area contributed by atoms with Crippen molar-refractivity contribution in [2.75, 3.05) is 0 Å². The van der Waals surface area contributed by atoms with E-state index in [1.165, 1.54) is 24.3 Å². The monoisotopic (exact) mass is 396 g/mol. The average Bonchev–Trinajstić information content (AvgIpc) is 2.61. The number of sulfonamides is 1. The molecule has 0 saturated heterocycles. The molecule has 7 nitrogen and oxygen atoms in total. The van der Waals surface area contributed by atoms with E-state index in [9.17, 15) is 23.1 Å². The van der Waals surface area contributed by atoms with E-state index in [1.54, 1.807) is 13.8 Å². The quantitative estimate of drug-likeness (QED) is 0.655. The number of rotatable bonds is 7. The molecule has 0 unspecified atom stereocenters. The maximum absolute atomic E-state index is 12.6. The van der Waals surface area contributed by atoms with Crippen molar-refractivity contribution in [2.45, 2.75) is 69.4 Å². The van der Waals surface area contributed by atoms with E-state index < -0.39 is 27.4 Å². The summed E-state index contributed by atoms with van der Waals surface area (Å²) in [5, 5.41) is 12.4. The highest BCUT2D eigenvalue weighted by atomic mass is 32.2. The number of carbonyl (C=O) groups is 2. The highest BCUT2D eigenvalue weighted by Gasteiger charge is 2.43. The predicted octanol–water partition coefficient (Wildman–Crippen LogP) is 2.53. The molecule has 8 heteroatoms. The fourth-order valence-corrected chi connectivity index (χ4v) is 4.68. The van der Waals surface area contributed by atoms with Gasteiger partial charge in [0.1, 0.15) is 5.54 Å². The third-order valence-electron chi connectivity index (χ3n) is 5.12. The molecule has 0 aliphatic heterocycles. The summed E-state index contributed by atoms with van der Waals surface area (Å²) in [5.74, 6) is -1.04. The molecule has 1 amide bonds. The van der Waals surface area contributed by atoms with Crippen molar-refractivity contribution in [2.24, 2.45) is 5.92 Å². The van der Waals surface area contributed by atoms with E-state index in [0.717, 1.165) is 19.3 Å². The van der Waals surface area contributed by atoms with Crippen LogP contribution in [0.2, 0.25) is 0 Å². The SMILES string of the molecule is CCC1CCC(NC(=O)c2ccc(S(=O)(=O)NC(C)C)cc2)(C(=O)O)CC1. The molecule has 2 rings (SSSR count). The van der Waals surface area contributed by atoms with Gasteiger partial charge >= 0.3 is 5.97 Å². The zero-order valence-electron chi connectivity index (χ0n) is 16.0. The van der Waals surface area contributed by atoms with Crippen LogP contribution in [0, 0.1) is 5.92 Å². The number of aliphatic carboxylic acids is 1. The van der Waals surface area contributed by atoms with Crippen molar-refractivity contribution in [3.63, 3.8) is 0 Å². The molecule has 1 aromatic rings. The van der Waals surface area contributed by atoms with Crippen LogP contribution < -0.4 is 10.0 Å². The Balaban J connectivity index is 2.14. The molecule has 0 radical (unpaired) electrons. The minimum Gasteiger partial charge on any atom is -0.480 e. The molecule has 0 spiro atoms. The first-order valence-corrected chi connectivity index (χ1v) is 10.8.